The fourth-order valence-corrected chi connectivity index (χ4v) is 3.94. The Bertz CT molecular complexity index is 726. The predicted molar refractivity (Wildman–Crippen MR) is 113 cm³/mol. The monoisotopic (exact) mass is 400 g/mol. The molecule has 7 heteroatoms. The predicted octanol–water partition coefficient (Wildman–Crippen LogP) is 1.27. The maximum Gasteiger partial charge on any atom is 0.234 e. The van der Waals surface area contributed by atoms with Crippen molar-refractivity contribution in [1.29, 1.82) is 0 Å². The van der Waals surface area contributed by atoms with Gasteiger partial charge >= 0.3 is 0 Å². The van der Waals surface area contributed by atoms with Crippen LogP contribution in [0.3, 0.4) is 0 Å². The molecule has 29 heavy (non-hydrogen) atoms. The van der Waals surface area contributed by atoms with E-state index >= 15 is 0 Å². The van der Waals surface area contributed by atoms with Gasteiger partial charge in [0, 0.05) is 51.4 Å². The van der Waals surface area contributed by atoms with Gasteiger partial charge in [0.2, 0.25) is 17.7 Å². The van der Waals surface area contributed by atoms with Crippen LogP contribution in [0.15, 0.2) is 24.3 Å². The van der Waals surface area contributed by atoms with Gasteiger partial charge in [0.05, 0.1) is 12.5 Å². The first-order valence-electron chi connectivity index (χ1n) is 10.7. The maximum absolute atomic E-state index is 12.9. The fourth-order valence-electron chi connectivity index (χ4n) is 3.94. The average molecular weight is 401 g/mol. The van der Waals surface area contributed by atoms with Crippen molar-refractivity contribution in [3.63, 3.8) is 0 Å². The van der Waals surface area contributed by atoms with E-state index in [2.05, 4.69) is 17.1 Å². The number of nitrogens with zero attached hydrogens (tertiary/aromatic N) is 3. The van der Waals surface area contributed by atoms with E-state index in [1.54, 1.807) is 4.90 Å². The van der Waals surface area contributed by atoms with Crippen LogP contribution in [0.2, 0.25) is 0 Å². The van der Waals surface area contributed by atoms with Crippen LogP contribution >= 0.6 is 0 Å². The van der Waals surface area contributed by atoms with E-state index in [0.717, 1.165) is 18.5 Å². The Kier molecular flexibility index (Phi) is 7.25. The summed E-state index contributed by atoms with van der Waals surface area (Å²) in [6.45, 7) is 8.24. The molecule has 1 atom stereocenters. The SMILES string of the molecule is CCCNC(=O)CN1CCN(C(=O)C2CC(=O)N(c3ccc(CC)cc3)C2)CC1. The molecule has 7 nitrogen and oxygen atoms in total. The van der Waals surface area contributed by atoms with Gasteiger partial charge in [0.1, 0.15) is 0 Å². The summed E-state index contributed by atoms with van der Waals surface area (Å²) in [6.07, 6.45) is 2.16. The van der Waals surface area contributed by atoms with Crippen LogP contribution in [0.25, 0.3) is 0 Å². The van der Waals surface area contributed by atoms with E-state index in [0.29, 0.717) is 45.8 Å². The van der Waals surface area contributed by atoms with Gasteiger partial charge in [-0.15, -0.1) is 0 Å². The van der Waals surface area contributed by atoms with Crippen molar-refractivity contribution < 1.29 is 14.4 Å². The van der Waals surface area contributed by atoms with Crippen molar-refractivity contribution in [3.05, 3.63) is 29.8 Å². The summed E-state index contributed by atoms with van der Waals surface area (Å²) in [4.78, 5) is 43.0. The van der Waals surface area contributed by atoms with Crippen molar-refractivity contribution in [2.24, 2.45) is 5.92 Å². The lowest BCUT2D eigenvalue weighted by atomic mass is 10.1. The van der Waals surface area contributed by atoms with Crippen LogP contribution in [-0.4, -0.2) is 73.3 Å². The Balaban J connectivity index is 1.50. The summed E-state index contributed by atoms with van der Waals surface area (Å²) in [7, 11) is 0. The van der Waals surface area contributed by atoms with Gasteiger partial charge in [-0.25, -0.2) is 0 Å². The average Bonchev–Trinajstić information content (AvgIpc) is 3.14. The van der Waals surface area contributed by atoms with Gasteiger partial charge in [-0.2, -0.15) is 0 Å². The van der Waals surface area contributed by atoms with Gasteiger partial charge < -0.3 is 15.1 Å². The number of piperazine rings is 1. The molecule has 158 valence electrons. The normalized spacial score (nSPS) is 20.2. The number of carbonyl (C=O) groups excluding carboxylic acids is 3. The number of benzene rings is 1. The van der Waals surface area contributed by atoms with E-state index in [1.807, 2.05) is 36.1 Å². The van der Waals surface area contributed by atoms with E-state index in [9.17, 15) is 14.4 Å². The molecule has 3 amide bonds. The summed E-state index contributed by atoms with van der Waals surface area (Å²) in [5.74, 6) is -0.176. The van der Waals surface area contributed by atoms with E-state index in [-0.39, 0.29) is 30.1 Å². The smallest absolute Gasteiger partial charge is 0.234 e. The molecule has 0 bridgehead atoms. The molecule has 0 aromatic heterocycles. The van der Waals surface area contributed by atoms with Crippen LogP contribution < -0.4 is 10.2 Å². The second kappa shape index (κ2) is 9.87. The van der Waals surface area contributed by atoms with Gasteiger partial charge in [0.25, 0.3) is 0 Å². The van der Waals surface area contributed by atoms with Crippen molar-refractivity contribution in [2.45, 2.75) is 33.1 Å². The third-order valence-electron chi connectivity index (χ3n) is 5.75. The number of hydrogen-bond donors (Lipinski definition) is 1. The number of nitrogens with one attached hydrogen (secondary N) is 1. The van der Waals surface area contributed by atoms with Crippen molar-refractivity contribution in [2.75, 3.05) is 50.7 Å². The number of carbonyl (C=O) groups is 3. The molecule has 1 aromatic rings. The largest absolute Gasteiger partial charge is 0.355 e. The van der Waals surface area contributed by atoms with E-state index in [1.165, 1.54) is 5.56 Å². The summed E-state index contributed by atoms with van der Waals surface area (Å²) < 4.78 is 0. The zero-order chi connectivity index (χ0) is 20.8. The second-order valence-electron chi connectivity index (χ2n) is 7.88. The quantitative estimate of drug-likeness (QED) is 0.748. The van der Waals surface area contributed by atoms with Crippen LogP contribution in [0.1, 0.15) is 32.3 Å². The number of hydrogen-bond acceptors (Lipinski definition) is 4. The molecule has 2 aliphatic rings. The second-order valence-corrected chi connectivity index (χ2v) is 7.88. The molecule has 2 saturated heterocycles. The van der Waals surface area contributed by atoms with Gasteiger partial charge in [-0.3, -0.25) is 19.3 Å². The highest BCUT2D eigenvalue weighted by Gasteiger charge is 2.38. The minimum Gasteiger partial charge on any atom is -0.355 e. The summed E-state index contributed by atoms with van der Waals surface area (Å²) in [6, 6.07) is 8.00. The minimum absolute atomic E-state index is 0.0128. The molecule has 2 aliphatic heterocycles. The lowest BCUT2D eigenvalue weighted by Crippen LogP contribution is -2.52. The number of anilines is 1. The lowest BCUT2D eigenvalue weighted by molar-refractivity contribution is -0.137. The van der Waals surface area contributed by atoms with Crippen LogP contribution in [-0.2, 0) is 20.8 Å². The Morgan fingerprint density at radius 1 is 1.07 bits per heavy atom. The van der Waals surface area contributed by atoms with Crippen LogP contribution in [0.4, 0.5) is 5.69 Å². The molecule has 1 aromatic carbocycles. The number of amides is 3. The van der Waals surface area contributed by atoms with Crippen molar-refractivity contribution in [3.8, 4) is 0 Å². The van der Waals surface area contributed by atoms with Crippen LogP contribution in [0, 0.1) is 5.92 Å². The first-order chi connectivity index (χ1) is 14.0. The Hall–Kier alpha value is -2.41. The highest BCUT2D eigenvalue weighted by atomic mass is 16.2. The standard InChI is InChI=1S/C22H32N4O3/c1-3-9-23-20(27)16-24-10-12-25(13-11-24)22(29)18-14-21(28)26(15-18)19-7-5-17(4-2)6-8-19/h5-8,18H,3-4,9-16H2,1-2H3,(H,23,27). The van der Waals surface area contributed by atoms with E-state index < -0.39 is 0 Å². The summed E-state index contributed by atoms with van der Waals surface area (Å²) >= 11 is 0. The highest BCUT2D eigenvalue weighted by Crippen LogP contribution is 2.27. The number of aryl methyl sites for hydroxylation is 1. The molecular weight excluding hydrogens is 368 g/mol. The molecule has 2 fully saturated rings. The Morgan fingerprint density at radius 3 is 2.38 bits per heavy atom. The van der Waals surface area contributed by atoms with Crippen molar-refractivity contribution in [1.82, 2.24) is 15.1 Å². The molecule has 1 unspecified atom stereocenters. The third-order valence-corrected chi connectivity index (χ3v) is 5.75. The Labute approximate surface area is 173 Å². The molecule has 0 spiro atoms. The molecule has 0 aliphatic carbocycles. The molecule has 2 heterocycles. The van der Waals surface area contributed by atoms with Crippen LogP contribution in [0.5, 0.6) is 0 Å². The molecule has 3 rings (SSSR count). The molecule has 1 N–H and O–H groups in total. The molecular formula is C22H32N4O3. The zero-order valence-corrected chi connectivity index (χ0v) is 17.5. The zero-order valence-electron chi connectivity index (χ0n) is 17.5. The first kappa shape index (κ1) is 21.3. The lowest BCUT2D eigenvalue weighted by Gasteiger charge is -2.35. The Morgan fingerprint density at radius 2 is 1.76 bits per heavy atom. The van der Waals surface area contributed by atoms with Crippen molar-refractivity contribution >= 4 is 23.4 Å². The summed E-state index contributed by atoms with van der Waals surface area (Å²) in [5, 5.41) is 2.89. The van der Waals surface area contributed by atoms with E-state index in [4.69, 9.17) is 0 Å². The number of rotatable bonds is 7. The first-order valence-corrected chi connectivity index (χ1v) is 10.7. The topological polar surface area (TPSA) is 73.0 Å². The molecule has 0 saturated carbocycles. The van der Waals surface area contributed by atoms with Gasteiger partial charge in [-0.05, 0) is 30.5 Å². The highest BCUT2D eigenvalue weighted by molar-refractivity contribution is 6.00. The van der Waals surface area contributed by atoms with Gasteiger partial charge in [0.15, 0.2) is 0 Å². The molecule has 0 radical (unpaired) electrons. The third kappa shape index (κ3) is 5.35. The fraction of sp³-hybridized carbons (Fsp3) is 0.591. The maximum atomic E-state index is 12.9. The summed E-state index contributed by atoms with van der Waals surface area (Å²) in [5.41, 5.74) is 2.10. The minimum atomic E-state index is -0.284. The van der Waals surface area contributed by atoms with Gasteiger partial charge in [-0.1, -0.05) is 26.0 Å².